The summed E-state index contributed by atoms with van der Waals surface area (Å²) in [7, 11) is 0. The number of carbonyl (C=O) groups is 1. The molecule has 3 rings (SSSR count). The molecule has 0 aliphatic carbocycles. The lowest BCUT2D eigenvalue weighted by Crippen LogP contribution is -2.56. The Morgan fingerprint density at radius 3 is 2.28 bits per heavy atom. The van der Waals surface area contributed by atoms with Gasteiger partial charge in [-0.3, -0.25) is 4.79 Å². The summed E-state index contributed by atoms with van der Waals surface area (Å²) in [4.78, 5) is 12.9. The van der Waals surface area contributed by atoms with Crippen LogP contribution in [0.5, 0.6) is 0 Å². The lowest BCUT2D eigenvalue weighted by Gasteiger charge is -2.28. The van der Waals surface area contributed by atoms with Crippen molar-refractivity contribution in [3.63, 3.8) is 0 Å². The Balaban J connectivity index is 1.78. The number of para-hydroxylation sites is 1. The lowest BCUT2D eigenvalue weighted by atomic mass is 10.0. The number of hydrogen-bond donors (Lipinski definition) is 3. The van der Waals surface area contributed by atoms with Gasteiger partial charge >= 0.3 is 0 Å². The second-order valence-corrected chi connectivity index (χ2v) is 9.24. The van der Waals surface area contributed by atoms with Crippen LogP contribution in [-0.2, 0) is 0 Å². The lowest BCUT2D eigenvalue weighted by molar-refractivity contribution is 0.0936. The number of alkyl halides is 3. The number of anilines is 1. The van der Waals surface area contributed by atoms with E-state index in [2.05, 4.69) is 16.0 Å². The number of benzene rings is 3. The number of halogens is 4. The molecule has 0 bridgehead atoms. The van der Waals surface area contributed by atoms with Crippen molar-refractivity contribution in [1.29, 1.82) is 0 Å². The second kappa shape index (κ2) is 9.37. The van der Waals surface area contributed by atoms with Crippen LogP contribution < -0.4 is 16.0 Å². The Kier molecular flexibility index (Phi) is 7.09. The molecule has 0 saturated heterocycles. The molecule has 9 heteroatoms. The molecule has 29 heavy (non-hydrogen) atoms. The van der Waals surface area contributed by atoms with Crippen LogP contribution in [0, 0.1) is 0 Å². The van der Waals surface area contributed by atoms with Gasteiger partial charge < -0.3 is 16.0 Å². The molecule has 0 aliphatic heterocycles. The first-order chi connectivity index (χ1) is 13.8. The van der Waals surface area contributed by atoms with E-state index < -0.39 is 15.9 Å². The highest BCUT2D eigenvalue weighted by atomic mass is 35.6. The average Bonchev–Trinajstić information content (AvgIpc) is 2.68. The smallest absolute Gasteiger partial charge is 0.253 e. The molecule has 150 valence electrons. The molecule has 0 aliphatic rings. The van der Waals surface area contributed by atoms with E-state index in [1.807, 2.05) is 30.3 Å². The Morgan fingerprint density at radius 2 is 1.55 bits per heavy atom. The van der Waals surface area contributed by atoms with E-state index in [0.717, 1.165) is 10.8 Å². The molecule has 0 spiro atoms. The molecule has 1 amide bonds. The maximum atomic E-state index is 12.9. The fourth-order valence-electron chi connectivity index (χ4n) is 2.68. The van der Waals surface area contributed by atoms with E-state index in [4.69, 9.17) is 58.6 Å². The van der Waals surface area contributed by atoms with Crippen LogP contribution >= 0.6 is 58.6 Å². The number of fused-ring (bicyclic) bond motifs is 1. The SMILES string of the molecule is O=C(N[C@H](NC(=S)Nc1ccccc1Cl)C(Cl)(Cl)Cl)c1cccc2ccccc12. The van der Waals surface area contributed by atoms with Crippen molar-refractivity contribution in [2.75, 3.05) is 5.32 Å². The molecule has 3 aromatic carbocycles. The summed E-state index contributed by atoms with van der Waals surface area (Å²) in [6.45, 7) is 0. The first kappa shape index (κ1) is 21.9. The molecule has 0 fully saturated rings. The van der Waals surface area contributed by atoms with E-state index >= 15 is 0 Å². The minimum atomic E-state index is -1.87. The summed E-state index contributed by atoms with van der Waals surface area (Å²) in [5, 5.41) is 10.7. The molecule has 1 atom stereocenters. The topological polar surface area (TPSA) is 53.2 Å². The fraction of sp³-hybridized carbons (Fsp3) is 0.100. The first-order valence-corrected chi connectivity index (χ1v) is 10.3. The highest BCUT2D eigenvalue weighted by Gasteiger charge is 2.35. The number of nitrogens with one attached hydrogen (secondary N) is 3. The third-order valence-electron chi connectivity index (χ3n) is 4.03. The van der Waals surface area contributed by atoms with Crippen LogP contribution in [0.4, 0.5) is 5.69 Å². The van der Waals surface area contributed by atoms with Gasteiger partial charge in [-0.1, -0.05) is 94.9 Å². The van der Waals surface area contributed by atoms with Gasteiger partial charge in [0.2, 0.25) is 3.79 Å². The molecule has 0 radical (unpaired) electrons. The van der Waals surface area contributed by atoms with Gasteiger partial charge in [-0.05, 0) is 41.2 Å². The standard InChI is InChI=1S/C20H15Cl4N3OS/c21-15-10-3-4-11-16(15)25-19(29)27-18(20(22,23)24)26-17(28)14-9-5-7-12-6-1-2-8-13(12)14/h1-11,18H,(H,26,28)(H2,25,27,29)/t18-/m1/s1. The quantitative estimate of drug-likeness (QED) is 0.244. The van der Waals surface area contributed by atoms with Gasteiger partial charge in [0.1, 0.15) is 6.17 Å². The van der Waals surface area contributed by atoms with Crippen LogP contribution in [0.2, 0.25) is 5.02 Å². The molecule has 0 unspecified atom stereocenters. The molecule has 3 N–H and O–H groups in total. The van der Waals surface area contributed by atoms with Crippen LogP contribution in [0.25, 0.3) is 10.8 Å². The van der Waals surface area contributed by atoms with Crippen molar-refractivity contribution in [2.45, 2.75) is 9.96 Å². The monoisotopic (exact) mass is 485 g/mol. The summed E-state index contributed by atoms with van der Waals surface area (Å²) < 4.78 is -1.87. The predicted molar refractivity (Wildman–Crippen MR) is 126 cm³/mol. The molecule has 0 heterocycles. The van der Waals surface area contributed by atoms with Crippen molar-refractivity contribution in [3.8, 4) is 0 Å². The molecular weight excluding hydrogens is 472 g/mol. The number of carbonyl (C=O) groups excluding carboxylic acids is 1. The van der Waals surface area contributed by atoms with Gasteiger partial charge in [-0.2, -0.15) is 0 Å². The van der Waals surface area contributed by atoms with E-state index in [-0.39, 0.29) is 5.11 Å². The normalized spacial score (nSPS) is 12.3. The molecule has 0 saturated carbocycles. The average molecular weight is 487 g/mol. The summed E-state index contributed by atoms with van der Waals surface area (Å²) in [6.07, 6.45) is -1.10. The first-order valence-electron chi connectivity index (χ1n) is 8.43. The fourth-order valence-corrected chi connectivity index (χ4v) is 3.42. The largest absolute Gasteiger partial charge is 0.339 e. The minimum Gasteiger partial charge on any atom is -0.339 e. The van der Waals surface area contributed by atoms with Gasteiger partial charge in [0.05, 0.1) is 10.7 Å². The van der Waals surface area contributed by atoms with Crippen LogP contribution in [-0.4, -0.2) is 21.0 Å². The van der Waals surface area contributed by atoms with Crippen molar-refractivity contribution in [2.24, 2.45) is 0 Å². The van der Waals surface area contributed by atoms with Crippen molar-refractivity contribution in [1.82, 2.24) is 10.6 Å². The Morgan fingerprint density at radius 1 is 0.897 bits per heavy atom. The zero-order valence-corrected chi connectivity index (χ0v) is 18.6. The van der Waals surface area contributed by atoms with Gasteiger partial charge in [0.15, 0.2) is 5.11 Å². The second-order valence-electron chi connectivity index (χ2n) is 6.05. The number of rotatable bonds is 4. The number of hydrogen-bond acceptors (Lipinski definition) is 2. The molecule has 0 aromatic heterocycles. The zero-order chi connectivity index (χ0) is 21.0. The summed E-state index contributed by atoms with van der Waals surface area (Å²) >= 11 is 29.6. The summed E-state index contributed by atoms with van der Waals surface area (Å²) in [6, 6.07) is 20.0. The maximum absolute atomic E-state index is 12.9. The van der Waals surface area contributed by atoms with Crippen molar-refractivity contribution in [3.05, 3.63) is 77.3 Å². The van der Waals surface area contributed by atoms with Gasteiger partial charge in [-0.15, -0.1) is 0 Å². The van der Waals surface area contributed by atoms with Crippen molar-refractivity contribution < 1.29 is 4.79 Å². The minimum absolute atomic E-state index is 0.132. The van der Waals surface area contributed by atoms with Crippen LogP contribution in [0.1, 0.15) is 10.4 Å². The van der Waals surface area contributed by atoms with Crippen molar-refractivity contribution >= 4 is 86.1 Å². The zero-order valence-electron chi connectivity index (χ0n) is 14.8. The van der Waals surface area contributed by atoms with Gasteiger partial charge in [-0.25, -0.2) is 0 Å². The molecule has 4 nitrogen and oxygen atoms in total. The molecule has 3 aromatic rings. The highest BCUT2D eigenvalue weighted by Crippen LogP contribution is 2.30. The van der Waals surface area contributed by atoms with E-state index in [1.165, 1.54) is 0 Å². The molecular formula is C20H15Cl4N3OS. The number of amides is 1. The highest BCUT2D eigenvalue weighted by molar-refractivity contribution is 7.80. The van der Waals surface area contributed by atoms with Gasteiger partial charge in [0, 0.05) is 5.56 Å². The van der Waals surface area contributed by atoms with Gasteiger partial charge in [0.25, 0.3) is 5.91 Å². The Bertz CT molecular complexity index is 1050. The van der Waals surface area contributed by atoms with E-state index in [9.17, 15) is 4.79 Å². The van der Waals surface area contributed by atoms with E-state index in [1.54, 1.807) is 36.4 Å². The summed E-state index contributed by atoms with van der Waals surface area (Å²) in [5.74, 6) is -0.411. The Labute approximate surface area is 193 Å². The van der Waals surface area contributed by atoms with Crippen LogP contribution in [0.15, 0.2) is 66.7 Å². The predicted octanol–water partition coefficient (Wildman–Crippen LogP) is 5.91. The third kappa shape index (κ3) is 5.65. The van der Waals surface area contributed by atoms with Crippen LogP contribution in [0.3, 0.4) is 0 Å². The maximum Gasteiger partial charge on any atom is 0.253 e. The third-order valence-corrected chi connectivity index (χ3v) is 5.24. The summed E-state index contributed by atoms with van der Waals surface area (Å²) in [5.41, 5.74) is 1.03. The van der Waals surface area contributed by atoms with E-state index in [0.29, 0.717) is 16.3 Å². The Hall–Kier alpha value is -1.76. The number of thiocarbonyl (C=S) groups is 1.